The highest BCUT2D eigenvalue weighted by Crippen LogP contribution is 1.98. The first-order valence-corrected chi connectivity index (χ1v) is 5.86. The van der Waals surface area contributed by atoms with Gasteiger partial charge in [0.05, 0.1) is 0 Å². The average molecular weight is 230 g/mol. The fourth-order valence-corrected chi connectivity index (χ4v) is 1.37. The van der Waals surface area contributed by atoms with Gasteiger partial charge in [0.25, 0.3) is 0 Å². The Morgan fingerprint density at radius 1 is 1.38 bits per heavy atom. The molecule has 16 heavy (non-hydrogen) atoms. The lowest BCUT2D eigenvalue weighted by molar-refractivity contribution is -0.122. The fourth-order valence-electron chi connectivity index (χ4n) is 1.37. The molecule has 0 aromatic rings. The molecule has 0 radical (unpaired) electrons. The molecule has 0 aliphatic rings. The molecule has 4 heteroatoms. The molecule has 96 valence electrons. The molecule has 0 spiro atoms. The highest BCUT2D eigenvalue weighted by atomic mass is 16.5. The Morgan fingerprint density at radius 2 is 2.00 bits per heavy atom. The van der Waals surface area contributed by atoms with Crippen LogP contribution in [0.5, 0.6) is 0 Å². The summed E-state index contributed by atoms with van der Waals surface area (Å²) in [6.07, 6.45) is 0.525. The summed E-state index contributed by atoms with van der Waals surface area (Å²) in [7, 11) is 1.70. The van der Waals surface area contributed by atoms with E-state index in [9.17, 15) is 4.79 Å². The van der Waals surface area contributed by atoms with Crippen LogP contribution in [0.4, 0.5) is 0 Å². The lowest BCUT2D eigenvalue weighted by Crippen LogP contribution is -2.41. The van der Waals surface area contributed by atoms with Crippen LogP contribution in [-0.4, -0.2) is 38.3 Å². The van der Waals surface area contributed by atoms with E-state index in [1.807, 2.05) is 20.8 Å². The zero-order valence-electron chi connectivity index (χ0n) is 11.2. The van der Waals surface area contributed by atoms with Gasteiger partial charge >= 0.3 is 0 Å². The quantitative estimate of drug-likeness (QED) is 0.645. The molecule has 0 aliphatic carbocycles. The smallest absolute Gasteiger partial charge is 0.221 e. The van der Waals surface area contributed by atoms with E-state index in [-0.39, 0.29) is 11.4 Å². The van der Waals surface area contributed by atoms with E-state index in [0.717, 1.165) is 19.7 Å². The van der Waals surface area contributed by atoms with Gasteiger partial charge in [0.1, 0.15) is 0 Å². The van der Waals surface area contributed by atoms with Crippen LogP contribution in [0.1, 0.15) is 34.1 Å². The van der Waals surface area contributed by atoms with Gasteiger partial charge in [-0.15, -0.1) is 0 Å². The lowest BCUT2D eigenvalue weighted by atomic mass is 10.1. The van der Waals surface area contributed by atoms with E-state index >= 15 is 0 Å². The highest BCUT2D eigenvalue weighted by Gasteiger charge is 2.12. The van der Waals surface area contributed by atoms with Crippen LogP contribution >= 0.6 is 0 Å². The zero-order chi connectivity index (χ0) is 12.6. The maximum atomic E-state index is 11.5. The molecule has 0 heterocycles. The Bertz CT molecular complexity index is 200. The van der Waals surface area contributed by atoms with Crippen molar-refractivity contribution in [1.29, 1.82) is 0 Å². The summed E-state index contributed by atoms with van der Waals surface area (Å²) >= 11 is 0. The summed E-state index contributed by atoms with van der Waals surface area (Å²) in [5.41, 5.74) is -0.138. The van der Waals surface area contributed by atoms with Gasteiger partial charge in [0.2, 0.25) is 5.91 Å². The van der Waals surface area contributed by atoms with Gasteiger partial charge in [-0.25, -0.2) is 0 Å². The Morgan fingerprint density at radius 3 is 2.50 bits per heavy atom. The fraction of sp³-hybridized carbons (Fsp3) is 0.917. The van der Waals surface area contributed by atoms with E-state index in [2.05, 4.69) is 17.6 Å². The number of methoxy groups -OCH3 is 1. The van der Waals surface area contributed by atoms with Crippen LogP contribution in [0.25, 0.3) is 0 Å². The van der Waals surface area contributed by atoms with Crippen molar-refractivity contribution in [2.75, 3.05) is 26.8 Å². The van der Waals surface area contributed by atoms with E-state index in [4.69, 9.17) is 4.74 Å². The zero-order valence-corrected chi connectivity index (χ0v) is 11.2. The lowest BCUT2D eigenvalue weighted by Gasteiger charge is -2.20. The summed E-state index contributed by atoms with van der Waals surface area (Å²) in [4.78, 5) is 11.5. The van der Waals surface area contributed by atoms with Gasteiger partial charge in [0.15, 0.2) is 0 Å². The molecular weight excluding hydrogens is 204 g/mol. The predicted molar refractivity (Wildman–Crippen MR) is 66.4 cm³/mol. The standard InChI is InChI=1S/C12H26N2O2/c1-10(9-16-5)8-13-7-6-11(15)14-12(2,3)4/h10,13H,6-9H2,1-5H3,(H,14,15). The summed E-state index contributed by atoms with van der Waals surface area (Å²) in [6.45, 7) is 10.4. The van der Waals surface area contributed by atoms with Crippen molar-refractivity contribution in [1.82, 2.24) is 10.6 Å². The minimum absolute atomic E-state index is 0.0967. The normalized spacial score (nSPS) is 13.6. The minimum atomic E-state index is -0.138. The third kappa shape index (κ3) is 9.93. The maximum Gasteiger partial charge on any atom is 0.221 e. The molecular formula is C12H26N2O2. The van der Waals surface area contributed by atoms with E-state index < -0.39 is 0 Å². The van der Waals surface area contributed by atoms with Crippen LogP contribution in [0, 0.1) is 5.92 Å². The van der Waals surface area contributed by atoms with Gasteiger partial charge < -0.3 is 15.4 Å². The first-order valence-electron chi connectivity index (χ1n) is 5.86. The first kappa shape index (κ1) is 15.4. The second-order valence-corrected chi connectivity index (χ2v) is 5.31. The van der Waals surface area contributed by atoms with Gasteiger partial charge in [-0.3, -0.25) is 4.79 Å². The van der Waals surface area contributed by atoms with E-state index in [0.29, 0.717) is 12.3 Å². The molecule has 1 amide bonds. The maximum absolute atomic E-state index is 11.5. The summed E-state index contributed by atoms with van der Waals surface area (Å²) in [5, 5.41) is 6.17. The summed E-state index contributed by atoms with van der Waals surface area (Å²) < 4.78 is 5.03. The predicted octanol–water partition coefficient (Wildman–Crippen LogP) is 1.16. The van der Waals surface area contributed by atoms with Crippen LogP contribution < -0.4 is 10.6 Å². The van der Waals surface area contributed by atoms with Crippen molar-refractivity contribution in [3.63, 3.8) is 0 Å². The Hall–Kier alpha value is -0.610. The Kier molecular flexibility index (Phi) is 7.34. The number of carbonyl (C=O) groups excluding carboxylic acids is 1. The molecule has 0 saturated heterocycles. The third-order valence-electron chi connectivity index (χ3n) is 1.99. The molecule has 0 saturated carbocycles. The average Bonchev–Trinajstić information content (AvgIpc) is 2.10. The number of hydrogen-bond donors (Lipinski definition) is 2. The SMILES string of the molecule is COCC(C)CNCCC(=O)NC(C)(C)C. The second kappa shape index (κ2) is 7.63. The van der Waals surface area contributed by atoms with E-state index in [1.165, 1.54) is 0 Å². The molecule has 0 aliphatic heterocycles. The number of nitrogens with one attached hydrogen (secondary N) is 2. The molecule has 0 fully saturated rings. The molecule has 1 atom stereocenters. The van der Waals surface area contributed by atoms with Crippen molar-refractivity contribution < 1.29 is 9.53 Å². The molecule has 4 nitrogen and oxygen atoms in total. The second-order valence-electron chi connectivity index (χ2n) is 5.31. The van der Waals surface area contributed by atoms with Crippen LogP contribution in [0.2, 0.25) is 0 Å². The highest BCUT2D eigenvalue weighted by molar-refractivity contribution is 5.76. The third-order valence-corrected chi connectivity index (χ3v) is 1.99. The van der Waals surface area contributed by atoms with Crippen LogP contribution in [0.3, 0.4) is 0 Å². The number of amides is 1. The molecule has 0 bridgehead atoms. The molecule has 2 N–H and O–H groups in total. The van der Waals surface area contributed by atoms with Crippen LogP contribution in [0.15, 0.2) is 0 Å². The number of hydrogen-bond acceptors (Lipinski definition) is 3. The Labute approximate surface area is 99.1 Å². The monoisotopic (exact) mass is 230 g/mol. The van der Waals surface area contributed by atoms with Crippen molar-refractivity contribution in [3.8, 4) is 0 Å². The largest absolute Gasteiger partial charge is 0.384 e. The Balaban J connectivity index is 3.48. The van der Waals surface area contributed by atoms with Gasteiger partial charge in [0, 0.05) is 32.2 Å². The summed E-state index contributed by atoms with van der Waals surface area (Å²) in [6, 6.07) is 0. The summed E-state index contributed by atoms with van der Waals surface area (Å²) in [5.74, 6) is 0.579. The van der Waals surface area contributed by atoms with Crippen molar-refractivity contribution in [2.45, 2.75) is 39.7 Å². The molecule has 0 rings (SSSR count). The molecule has 0 aromatic carbocycles. The molecule has 1 unspecified atom stereocenters. The number of carbonyl (C=O) groups is 1. The molecule has 0 aromatic heterocycles. The van der Waals surface area contributed by atoms with Gasteiger partial charge in [-0.2, -0.15) is 0 Å². The van der Waals surface area contributed by atoms with Gasteiger partial charge in [-0.05, 0) is 33.2 Å². The number of ether oxygens (including phenoxy) is 1. The van der Waals surface area contributed by atoms with Gasteiger partial charge in [-0.1, -0.05) is 6.92 Å². The van der Waals surface area contributed by atoms with Crippen molar-refractivity contribution in [3.05, 3.63) is 0 Å². The van der Waals surface area contributed by atoms with Crippen molar-refractivity contribution >= 4 is 5.91 Å². The van der Waals surface area contributed by atoms with E-state index in [1.54, 1.807) is 7.11 Å². The topological polar surface area (TPSA) is 50.4 Å². The minimum Gasteiger partial charge on any atom is -0.384 e. The van der Waals surface area contributed by atoms with Crippen LogP contribution in [-0.2, 0) is 9.53 Å². The first-order chi connectivity index (χ1) is 7.35. The van der Waals surface area contributed by atoms with Crippen molar-refractivity contribution in [2.24, 2.45) is 5.92 Å². The number of rotatable bonds is 7.